The van der Waals surface area contributed by atoms with Gasteiger partial charge in [0, 0.05) is 19.6 Å². The molecule has 0 aliphatic heterocycles. The minimum absolute atomic E-state index is 0.101. The Hall–Kier alpha value is -2.08. The van der Waals surface area contributed by atoms with Crippen LogP contribution < -0.4 is 5.32 Å². The molecule has 0 fully saturated rings. The van der Waals surface area contributed by atoms with Gasteiger partial charge in [0.1, 0.15) is 12.6 Å². The number of hydrogen-bond acceptors (Lipinski definition) is 4. The number of aliphatic carboxylic acids is 1. The Kier molecular flexibility index (Phi) is 8.75. The molecule has 1 atom stereocenters. The monoisotopic (exact) mass is 323 g/mol. The van der Waals surface area contributed by atoms with Gasteiger partial charge in [0.05, 0.1) is 0 Å². The van der Waals surface area contributed by atoms with Crippen molar-refractivity contribution in [1.29, 1.82) is 0 Å². The van der Waals surface area contributed by atoms with Crippen molar-refractivity contribution in [1.82, 2.24) is 5.32 Å². The van der Waals surface area contributed by atoms with Gasteiger partial charge in [-0.05, 0) is 17.9 Å². The molecule has 0 bridgehead atoms. The molecule has 0 aromatic heterocycles. The smallest absolute Gasteiger partial charge is 0.408 e. The van der Waals surface area contributed by atoms with E-state index in [1.54, 1.807) is 0 Å². The number of benzene rings is 1. The van der Waals surface area contributed by atoms with E-state index in [-0.39, 0.29) is 19.6 Å². The first-order valence-electron chi connectivity index (χ1n) is 7.76. The van der Waals surface area contributed by atoms with Crippen molar-refractivity contribution < 1.29 is 24.2 Å². The normalized spacial score (nSPS) is 12.0. The zero-order chi connectivity index (χ0) is 17.1. The molecule has 23 heavy (non-hydrogen) atoms. The van der Waals surface area contributed by atoms with Crippen LogP contribution in [-0.2, 0) is 20.9 Å². The lowest BCUT2D eigenvalue weighted by Crippen LogP contribution is -2.41. The number of rotatable bonds is 10. The van der Waals surface area contributed by atoms with Crippen LogP contribution in [0.1, 0.15) is 32.3 Å². The Bertz CT molecular complexity index is 475. The van der Waals surface area contributed by atoms with E-state index in [0.29, 0.717) is 12.5 Å². The minimum Gasteiger partial charge on any atom is -0.480 e. The minimum atomic E-state index is -1.10. The lowest BCUT2D eigenvalue weighted by atomic mass is 10.1. The van der Waals surface area contributed by atoms with E-state index in [1.807, 2.05) is 30.3 Å². The number of carbonyl (C=O) groups excluding carboxylic acids is 1. The molecule has 2 N–H and O–H groups in total. The average Bonchev–Trinajstić information content (AvgIpc) is 2.52. The molecule has 0 heterocycles. The van der Waals surface area contributed by atoms with Gasteiger partial charge in [-0.2, -0.15) is 0 Å². The first-order valence-corrected chi connectivity index (χ1v) is 7.76. The largest absolute Gasteiger partial charge is 0.480 e. The standard InChI is InChI=1S/C17H25NO5/c1-13(2)8-10-22-11-9-15(16(19)20)18-17(21)23-12-14-6-4-3-5-7-14/h3-7,13,15H,8-12H2,1-2H3,(H,18,21)(H,19,20). The van der Waals surface area contributed by atoms with Gasteiger partial charge in [-0.3, -0.25) is 0 Å². The summed E-state index contributed by atoms with van der Waals surface area (Å²) in [4.78, 5) is 22.8. The predicted molar refractivity (Wildman–Crippen MR) is 86.1 cm³/mol. The molecule has 6 heteroatoms. The molecule has 0 saturated heterocycles. The van der Waals surface area contributed by atoms with Gasteiger partial charge in [0.2, 0.25) is 0 Å². The van der Waals surface area contributed by atoms with Crippen LogP contribution in [-0.4, -0.2) is 36.4 Å². The molecular formula is C17H25NO5. The SMILES string of the molecule is CC(C)CCOCCC(NC(=O)OCc1ccccc1)C(=O)O. The third kappa shape index (κ3) is 8.83. The second-order valence-electron chi connectivity index (χ2n) is 5.68. The van der Waals surface area contributed by atoms with Crippen LogP contribution in [0.3, 0.4) is 0 Å². The zero-order valence-corrected chi connectivity index (χ0v) is 13.7. The maximum Gasteiger partial charge on any atom is 0.408 e. The van der Waals surface area contributed by atoms with Crippen LogP contribution in [0.2, 0.25) is 0 Å². The fraction of sp³-hybridized carbons (Fsp3) is 0.529. The molecule has 0 spiro atoms. The van der Waals surface area contributed by atoms with Gasteiger partial charge in [0.15, 0.2) is 0 Å². The number of hydrogen-bond donors (Lipinski definition) is 2. The van der Waals surface area contributed by atoms with Crippen molar-refractivity contribution in [3.8, 4) is 0 Å². The van der Waals surface area contributed by atoms with E-state index >= 15 is 0 Å². The van der Waals surface area contributed by atoms with Crippen molar-refractivity contribution in [2.75, 3.05) is 13.2 Å². The van der Waals surface area contributed by atoms with Crippen LogP contribution in [0.25, 0.3) is 0 Å². The second-order valence-corrected chi connectivity index (χ2v) is 5.68. The summed E-state index contributed by atoms with van der Waals surface area (Å²) in [7, 11) is 0. The molecule has 0 saturated carbocycles. The number of alkyl carbamates (subject to hydrolysis) is 1. The molecule has 1 amide bonds. The fourth-order valence-electron chi connectivity index (χ4n) is 1.79. The lowest BCUT2D eigenvalue weighted by Gasteiger charge is -2.15. The maximum atomic E-state index is 11.7. The number of amides is 1. The molecule has 0 aliphatic rings. The van der Waals surface area contributed by atoms with E-state index in [0.717, 1.165) is 12.0 Å². The fourth-order valence-corrected chi connectivity index (χ4v) is 1.79. The Morgan fingerprint density at radius 2 is 1.78 bits per heavy atom. The summed E-state index contributed by atoms with van der Waals surface area (Å²) in [5, 5.41) is 11.5. The number of ether oxygens (including phenoxy) is 2. The molecule has 1 aromatic rings. The third-order valence-electron chi connectivity index (χ3n) is 3.19. The summed E-state index contributed by atoms with van der Waals surface area (Å²) in [5.74, 6) is -0.564. The highest BCUT2D eigenvalue weighted by Gasteiger charge is 2.20. The van der Waals surface area contributed by atoms with Crippen molar-refractivity contribution >= 4 is 12.1 Å². The number of carbonyl (C=O) groups is 2. The quantitative estimate of drug-likeness (QED) is 0.647. The first-order chi connectivity index (χ1) is 11.0. The molecule has 1 aromatic carbocycles. The maximum absolute atomic E-state index is 11.7. The summed E-state index contributed by atoms with van der Waals surface area (Å²) in [6, 6.07) is 8.17. The molecule has 1 rings (SSSR count). The Morgan fingerprint density at radius 1 is 1.13 bits per heavy atom. The number of nitrogens with one attached hydrogen (secondary N) is 1. The average molecular weight is 323 g/mol. The van der Waals surface area contributed by atoms with E-state index in [2.05, 4.69) is 19.2 Å². The van der Waals surface area contributed by atoms with Gasteiger partial charge in [0.25, 0.3) is 0 Å². The Labute approximate surface area is 136 Å². The summed E-state index contributed by atoms with van der Waals surface area (Å²) in [5.41, 5.74) is 0.839. The molecule has 0 aliphatic carbocycles. The van der Waals surface area contributed by atoms with Gasteiger partial charge in [-0.15, -0.1) is 0 Å². The van der Waals surface area contributed by atoms with Crippen LogP contribution in [0.4, 0.5) is 4.79 Å². The van der Waals surface area contributed by atoms with Crippen molar-refractivity contribution in [3.05, 3.63) is 35.9 Å². The molecule has 1 unspecified atom stereocenters. The number of carboxylic acid groups (broad SMARTS) is 1. The summed E-state index contributed by atoms with van der Waals surface area (Å²) in [6.45, 7) is 5.15. The molecular weight excluding hydrogens is 298 g/mol. The summed E-state index contributed by atoms with van der Waals surface area (Å²) < 4.78 is 10.4. The molecule has 0 radical (unpaired) electrons. The van der Waals surface area contributed by atoms with Gasteiger partial charge in [-0.25, -0.2) is 9.59 Å². The highest BCUT2D eigenvalue weighted by atomic mass is 16.5. The first kappa shape index (κ1) is 19.0. The van der Waals surface area contributed by atoms with Crippen LogP contribution in [0.15, 0.2) is 30.3 Å². The molecule has 128 valence electrons. The van der Waals surface area contributed by atoms with E-state index < -0.39 is 18.1 Å². The van der Waals surface area contributed by atoms with Gasteiger partial charge >= 0.3 is 12.1 Å². The van der Waals surface area contributed by atoms with E-state index in [4.69, 9.17) is 14.6 Å². The third-order valence-corrected chi connectivity index (χ3v) is 3.19. The van der Waals surface area contributed by atoms with E-state index in [9.17, 15) is 9.59 Å². The number of carboxylic acids is 1. The highest BCUT2D eigenvalue weighted by molar-refractivity contribution is 5.79. The van der Waals surface area contributed by atoms with Crippen molar-refractivity contribution in [3.63, 3.8) is 0 Å². The van der Waals surface area contributed by atoms with Crippen molar-refractivity contribution in [2.24, 2.45) is 5.92 Å². The Balaban J connectivity index is 2.28. The van der Waals surface area contributed by atoms with Crippen LogP contribution >= 0.6 is 0 Å². The highest BCUT2D eigenvalue weighted by Crippen LogP contribution is 2.03. The second kappa shape index (κ2) is 10.6. The van der Waals surface area contributed by atoms with Gasteiger partial charge < -0.3 is 19.9 Å². The van der Waals surface area contributed by atoms with Crippen molar-refractivity contribution in [2.45, 2.75) is 39.3 Å². The van der Waals surface area contributed by atoms with E-state index in [1.165, 1.54) is 0 Å². The predicted octanol–water partition coefficient (Wildman–Crippen LogP) is 2.82. The lowest BCUT2D eigenvalue weighted by molar-refractivity contribution is -0.139. The van der Waals surface area contributed by atoms with Gasteiger partial charge in [-0.1, -0.05) is 44.2 Å². The van der Waals surface area contributed by atoms with Crippen LogP contribution in [0.5, 0.6) is 0 Å². The van der Waals surface area contributed by atoms with Crippen LogP contribution in [0, 0.1) is 5.92 Å². The topological polar surface area (TPSA) is 84.9 Å². The Morgan fingerprint density at radius 3 is 2.39 bits per heavy atom. The summed E-state index contributed by atoms with van der Waals surface area (Å²) in [6.07, 6.45) is 0.376. The molecule has 6 nitrogen and oxygen atoms in total. The zero-order valence-electron chi connectivity index (χ0n) is 13.7. The summed E-state index contributed by atoms with van der Waals surface area (Å²) >= 11 is 0.